The molecule has 4 rings (SSSR count). The highest BCUT2D eigenvalue weighted by molar-refractivity contribution is 6.33. The first-order valence-electron chi connectivity index (χ1n) is 12.2. The van der Waals surface area contributed by atoms with Crippen LogP contribution in [0.1, 0.15) is 47.2 Å². The zero-order chi connectivity index (χ0) is 25.7. The molecule has 0 bridgehead atoms. The molecule has 1 saturated carbocycles. The maximum atomic E-state index is 13.9. The third-order valence-electron chi connectivity index (χ3n) is 6.57. The van der Waals surface area contributed by atoms with Crippen LogP contribution >= 0.6 is 11.6 Å². The summed E-state index contributed by atoms with van der Waals surface area (Å²) < 4.78 is 13.9. The Hall–Kier alpha value is -3.38. The van der Waals surface area contributed by atoms with Crippen molar-refractivity contribution in [2.45, 2.75) is 38.8 Å². The molecule has 3 aromatic carbocycles. The number of rotatable bonds is 8. The highest BCUT2D eigenvalue weighted by atomic mass is 35.5. The van der Waals surface area contributed by atoms with Gasteiger partial charge in [-0.1, -0.05) is 48.7 Å². The summed E-state index contributed by atoms with van der Waals surface area (Å²) in [6.07, 6.45) is 4.01. The molecule has 5 nitrogen and oxygen atoms in total. The van der Waals surface area contributed by atoms with E-state index in [1.165, 1.54) is 12.1 Å². The molecule has 0 saturated heterocycles. The van der Waals surface area contributed by atoms with Crippen molar-refractivity contribution in [3.63, 3.8) is 0 Å². The summed E-state index contributed by atoms with van der Waals surface area (Å²) in [5, 5.41) is 3.42. The van der Waals surface area contributed by atoms with Gasteiger partial charge in [0.25, 0.3) is 5.91 Å². The number of benzene rings is 3. The highest BCUT2D eigenvalue weighted by Gasteiger charge is 2.24. The molecule has 0 heterocycles. The monoisotopic (exact) mass is 507 g/mol. The molecule has 188 valence electrons. The molecular formula is C29H31ClFN3O2. The molecule has 0 aromatic heterocycles. The van der Waals surface area contributed by atoms with Gasteiger partial charge in [0, 0.05) is 44.5 Å². The van der Waals surface area contributed by atoms with Crippen molar-refractivity contribution in [1.82, 2.24) is 4.90 Å². The zero-order valence-electron chi connectivity index (χ0n) is 20.6. The lowest BCUT2D eigenvalue weighted by Gasteiger charge is -2.27. The highest BCUT2D eigenvalue weighted by Crippen LogP contribution is 2.29. The van der Waals surface area contributed by atoms with E-state index >= 15 is 0 Å². The van der Waals surface area contributed by atoms with Crippen LogP contribution in [0.3, 0.4) is 0 Å². The standard InChI is InChI=1S/C29H31ClFN3O2/c1-33(2)27-15-14-24(32-28(35)21-9-3-4-10-21)17-22(27)19-34(18-20-8-7-11-23(31)16-20)29(36)25-12-5-6-13-26(25)30/h5-8,11-17,21H,3-4,9-10,18-19H2,1-2H3,(H,32,35). The van der Waals surface area contributed by atoms with E-state index in [4.69, 9.17) is 11.6 Å². The van der Waals surface area contributed by atoms with E-state index < -0.39 is 0 Å². The summed E-state index contributed by atoms with van der Waals surface area (Å²) in [6.45, 7) is 0.453. The molecule has 1 aliphatic rings. The Morgan fingerprint density at radius 1 is 0.972 bits per heavy atom. The Kier molecular flexibility index (Phi) is 8.26. The van der Waals surface area contributed by atoms with E-state index in [9.17, 15) is 14.0 Å². The first-order valence-corrected chi connectivity index (χ1v) is 12.6. The van der Waals surface area contributed by atoms with Gasteiger partial charge in [-0.2, -0.15) is 0 Å². The minimum Gasteiger partial charge on any atom is -0.377 e. The van der Waals surface area contributed by atoms with Crippen molar-refractivity contribution < 1.29 is 14.0 Å². The van der Waals surface area contributed by atoms with Crippen molar-refractivity contribution >= 4 is 34.8 Å². The van der Waals surface area contributed by atoms with E-state index in [0.29, 0.717) is 21.8 Å². The molecule has 36 heavy (non-hydrogen) atoms. The van der Waals surface area contributed by atoms with E-state index in [1.807, 2.05) is 37.2 Å². The number of amides is 2. The molecular weight excluding hydrogens is 477 g/mol. The van der Waals surface area contributed by atoms with Gasteiger partial charge in [-0.3, -0.25) is 9.59 Å². The molecule has 2 amide bonds. The van der Waals surface area contributed by atoms with Gasteiger partial charge in [-0.15, -0.1) is 0 Å². The number of nitrogens with zero attached hydrogens (tertiary/aromatic N) is 2. The van der Waals surface area contributed by atoms with E-state index in [1.54, 1.807) is 41.3 Å². The number of anilines is 2. The van der Waals surface area contributed by atoms with Crippen LogP contribution in [0, 0.1) is 11.7 Å². The topological polar surface area (TPSA) is 52.7 Å². The quantitative estimate of drug-likeness (QED) is 0.378. The molecule has 1 fully saturated rings. The molecule has 0 radical (unpaired) electrons. The van der Waals surface area contributed by atoms with Gasteiger partial charge < -0.3 is 15.1 Å². The Morgan fingerprint density at radius 2 is 1.72 bits per heavy atom. The number of carbonyl (C=O) groups is 2. The number of hydrogen-bond acceptors (Lipinski definition) is 3. The molecule has 0 aliphatic heterocycles. The van der Waals surface area contributed by atoms with Crippen molar-refractivity contribution in [3.8, 4) is 0 Å². The zero-order valence-corrected chi connectivity index (χ0v) is 21.4. The molecule has 3 aromatic rings. The third kappa shape index (κ3) is 6.24. The first kappa shape index (κ1) is 25.7. The molecule has 1 N–H and O–H groups in total. The van der Waals surface area contributed by atoms with Gasteiger partial charge in [-0.05, 0) is 66.4 Å². The molecule has 0 spiro atoms. The minimum absolute atomic E-state index is 0.0415. The van der Waals surface area contributed by atoms with Crippen LogP contribution < -0.4 is 10.2 Å². The maximum Gasteiger partial charge on any atom is 0.255 e. The van der Waals surface area contributed by atoms with Crippen molar-refractivity contribution in [1.29, 1.82) is 0 Å². The Morgan fingerprint density at radius 3 is 2.42 bits per heavy atom. The van der Waals surface area contributed by atoms with Crippen molar-refractivity contribution in [2.75, 3.05) is 24.3 Å². The largest absolute Gasteiger partial charge is 0.377 e. The number of halogens is 2. The second-order valence-corrected chi connectivity index (χ2v) is 9.89. The van der Waals surface area contributed by atoms with Crippen molar-refractivity contribution in [3.05, 3.63) is 94.3 Å². The average Bonchev–Trinajstić information content (AvgIpc) is 3.39. The summed E-state index contributed by atoms with van der Waals surface area (Å²) >= 11 is 6.36. The first-order chi connectivity index (χ1) is 17.3. The van der Waals surface area contributed by atoms with Gasteiger partial charge in [0.05, 0.1) is 10.6 Å². The van der Waals surface area contributed by atoms with E-state index in [2.05, 4.69) is 5.32 Å². The summed E-state index contributed by atoms with van der Waals surface area (Å²) in [6, 6.07) is 18.9. The average molecular weight is 508 g/mol. The van der Waals surface area contributed by atoms with E-state index in [-0.39, 0.29) is 36.6 Å². The second kappa shape index (κ2) is 11.6. The summed E-state index contributed by atoms with van der Waals surface area (Å²) in [4.78, 5) is 30.0. The Balaban J connectivity index is 1.66. The smallest absolute Gasteiger partial charge is 0.255 e. The Labute approximate surface area is 216 Å². The number of carbonyl (C=O) groups excluding carboxylic acids is 2. The minimum atomic E-state index is -0.358. The van der Waals surface area contributed by atoms with Crippen LogP contribution in [0.2, 0.25) is 5.02 Å². The molecule has 0 atom stereocenters. The predicted molar refractivity (Wildman–Crippen MR) is 143 cm³/mol. The Bertz CT molecular complexity index is 1240. The van der Waals surface area contributed by atoms with Crippen LogP contribution in [0.4, 0.5) is 15.8 Å². The molecule has 1 aliphatic carbocycles. The van der Waals surface area contributed by atoms with E-state index in [0.717, 1.165) is 36.9 Å². The summed E-state index contributed by atoms with van der Waals surface area (Å²) in [5.74, 6) is -0.522. The van der Waals surface area contributed by atoms with Crippen LogP contribution in [0.15, 0.2) is 66.7 Å². The number of nitrogens with one attached hydrogen (secondary N) is 1. The van der Waals surface area contributed by atoms with Crippen LogP contribution in [-0.4, -0.2) is 30.8 Å². The third-order valence-corrected chi connectivity index (χ3v) is 6.90. The predicted octanol–water partition coefficient (Wildman–Crippen LogP) is 6.52. The van der Waals surface area contributed by atoms with Crippen LogP contribution in [0.5, 0.6) is 0 Å². The normalized spacial score (nSPS) is 13.4. The lowest BCUT2D eigenvalue weighted by molar-refractivity contribution is -0.119. The van der Waals surface area contributed by atoms with Gasteiger partial charge in [0.15, 0.2) is 0 Å². The van der Waals surface area contributed by atoms with Crippen LogP contribution in [-0.2, 0) is 17.9 Å². The van der Waals surface area contributed by atoms with Gasteiger partial charge in [0.1, 0.15) is 5.82 Å². The fourth-order valence-corrected chi connectivity index (χ4v) is 4.94. The lowest BCUT2D eigenvalue weighted by Crippen LogP contribution is -2.31. The van der Waals surface area contributed by atoms with Gasteiger partial charge >= 0.3 is 0 Å². The fraction of sp³-hybridized carbons (Fsp3) is 0.310. The maximum absolute atomic E-state index is 13.9. The summed E-state index contributed by atoms with van der Waals surface area (Å²) in [7, 11) is 3.87. The second-order valence-electron chi connectivity index (χ2n) is 9.48. The van der Waals surface area contributed by atoms with Gasteiger partial charge in [0.2, 0.25) is 5.91 Å². The lowest BCUT2D eigenvalue weighted by atomic mass is 10.1. The fourth-order valence-electron chi connectivity index (χ4n) is 4.72. The number of hydrogen-bond donors (Lipinski definition) is 1. The molecule has 7 heteroatoms. The molecule has 0 unspecified atom stereocenters. The van der Waals surface area contributed by atoms with Crippen molar-refractivity contribution in [2.24, 2.45) is 5.92 Å². The van der Waals surface area contributed by atoms with Gasteiger partial charge in [-0.25, -0.2) is 4.39 Å². The summed E-state index contributed by atoms with van der Waals surface area (Å²) in [5.41, 5.74) is 3.54. The van der Waals surface area contributed by atoms with Crippen LogP contribution in [0.25, 0.3) is 0 Å². The SMILES string of the molecule is CN(C)c1ccc(NC(=O)C2CCCC2)cc1CN(Cc1cccc(F)c1)C(=O)c1ccccc1Cl.